The van der Waals surface area contributed by atoms with Crippen molar-refractivity contribution < 1.29 is 5.21 Å². The van der Waals surface area contributed by atoms with E-state index in [1.165, 1.54) is 0 Å². The number of fused-ring (bicyclic) bond motifs is 1. The van der Waals surface area contributed by atoms with E-state index in [4.69, 9.17) is 5.73 Å². The predicted octanol–water partition coefficient (Wildman–Crippen LogP) is 1.29. The standard InChI is InChI=1S/C9H12N4O/c1-2-11-8-4-3-7(10)9-6(8)5-12-13(9)14/h3-5,11,14H,2,10H2,1H3. The minimum Gasteiger partial charge on any atom is -0.411 e. The van der Waals surface area contributed by atoms with Gasteiger partial charge in [-0.1, -0.05) is 4.85 Å². The zero-order valence-electron chi connectivity index (χ0n) is 7.86. The maximum absolute atomic E-state index is 9.38. The van der Waals surface area contributed by atoms with Crippen molar-refractivity contribution in [2.24, 2.45) is 0 Å². The van der Waals surface area contributed by atoms with Crippen molar-refractivity contribution in [1.82, 2.24) is 9.94 Å². The molecule has 0 fully saturated rings. The molecule has 0 unspecified atom stereocenters. The molecule has 5 heteroatoms. The summed E-state index contributed by atoms with van der Waals surface area (Å²) in [4.78, 5) is 0.797. The monoisotopic (exact) mass is 192 g/mol. The Morgan fingerprint density at radius 2 is 2.36 bits per heavy atom. The highest BCUT2D eigenvalue weighted by Gasteiger charge is 2.08. The molecule has 0 aliphatic heterocycles. The van der Waals surface area contributed by atoms with Gasteiger partial charge in [0.05, 0.1) is 11.9 Å². The molecule has 0 saturated heterocycles. The van der Waals surface area contributed by atoms with Crippen LogP contribution in [0.2, 0.25) is 0 Å². The molecule has 0 saturated carbocycles. The molecule has 4 N–H and O–H groups in total. The van der Waals surface area contributed by atoms with E-state index >= 15 is 0 Å². The molecule has 0 bridgehead atoms. The van der Waals surface area contributed by atoms with Crippen LogP contribution < -0.4 is 11.1 Å². The summed E-state index contributed by atoms with van der Waals surface area (Å²) in [7, 11) is 0. The first kappa shape index (κ1) is 8.68. The molecule has 0 amide bonds. The van der Waals surface area contributed by atoms with Crippen LogP contribution in [-0.2, 0) is 0 Å². The second-order valence-corrected chi connectivity index (χ2v) is 3.03. The van der Waals surface area contributed by atoms with Gasteiger partial charge in [-0.2, -0.15) is 0 Å². The van der Waals surface area contributed by atoms with Gasteiger partial charge in [0.25, 0.3) is 0 Å². The number of nitrogens with two attached hydrogens (primary N) is 1. The van der Waals surface area contributed by atoms with Crippen molar-refractivity contribution in [2.75, 3.05) is 17.6 Å². The number of benzene rings is 1. The molecule has 14 heavy (non-hydrogen) atoms. The lowest BCUT2D eigenvalue weighted by Crippen LogP contribution is -1.99. The number of nitrogens with one attached hydrogen (secondary N) is 1. The molecule has 2 rings (SSSR count). The van der Waals surface area contributed by atoms with E-state index in [1.54, 1.807) is 12.3 Å². The molecule has 2 aromatic rings. The Balaban J connectivity index is 2.70. The van der Waals surface area contributed by atoms with E-state index in [0.717, 1.165) is 22.5 Å². The van der Waals surface area contributed by atoms with E-state index in [9.17, 15) is 5.21 Å². The van der Waals surface area contributed by atoms with Gasteiger partial charge in [-0.25, -0.2) is 0 Å². The van der Waals surface area contributed by atoms with Gasteiger partial charge in [0.1, 0.15) is 5.52 Å². The first-order valence-electron chi connectivity index (χ1n) is 4.43. The van der Waals surface area contributed by atoms with E-state index in [2.05, 4.69) is 10.4 Å². The number of hydrogen-bond acceptors (Lipinski definition) is 4. The average molecular weight is 192 g/mol. The molecule has 0 atom stereocenters. The zero-order chi connectivity index (χ0) is 10.1. The number of nitrogens with zero attached hydrogens (tertiary/aromatic N) is 2. The lowest BCUT2D eigenvalue weighted by atomic mass is 10.2. The molecule has 0 aliphatic rings. The third kappa shape index (κ3) is 1.14. The van der Waals surface area contributed by atoms with Crippen LogP contribution >= 0.6 is 0 Å². The van der Waals surface area contributed by atoms with Crippen molar-refractivity contribution >= 4 is 22.3 Å². The molecular formula is C9H12N4O. The van der Waals surface area contributed by atoms with Crippen LogP contribution in [0.1, 0.15) is 6.92 Å². The van der Waals surface area contributed by atoms with E-state index < -0.39 is 0 Å². The number of aromatic nitrogens is 2. The first-order valence-corrected chi connectivity index (χ1v) is 4.43. The summed E-state index contributed by atoms with van der Waals surface area (Å²) in [6.07, 6.45) is 1.59. The molecule has 1 aromatic heterocycles. The molecule has 0 aliphatic carbocycles. The smallest absolute Gasteiger partial charge is 0.135 e. The Hall–Kier alpha value is -1.91. The van der Waals surface area contributed by atoms with Gasteiger partial charge in [0.15, 0.2) is 0 Å². The van der Waals surface area contributed by atoms with Crippen LogP contribution in [0.25, 0.3) is 10.9 Å². The van der Waals surface area contributed by atoms with Gasteiger partial charge in [0.2, 0.25) is 0 Å². The predicted molar refractivity (Wildman–Crippen MR) is 55.5 cm³/mol. The molecule has 5 nitrogen and oxygen atoms in total. The Labute approximate surface area is 81.1 Å². The van der Waals surface area contributed by atoms with Gasteiger partial charge in [0, 0.05) is 17.6 Å². The van der Waals surface area contributed by atoms with Crippen LogP contribution in [0.5, 0.6) is 0 Å². The number of nitrogen functional groups attached to an aromatic ring is 1. The maximum Gasteiger partial charge on any atom is 0.135 e. The Bertz CT molecular complexity index is 463. The molecule has 0 spiro atoms. The van der Waals surface area contributed by atoms with E-state index in [1.807, 2.05) is 13.0 Å². The highest BCUT2D eigenvalue weighted by molar-refractivity contribution is 5.98. The molecule has 0 radical (unpaired) electrons. The van der Waals surface area contributed by atoms with E-state index in [-0.39, 0.29) is 0 Å². The molecule has 1 aromatic carbocycles. The zero-order valence-corrected chi connectivity index (χ0v) is 7.86. The first-order chi connectivity index (χ1) is 6.74. The van der Waals surface area contributed by atoms with Crippen molar-refractivity contribution in [3.8, 4) is 0 Å². The Morgan fingerprint density at radius 3 is 3.07 bits per heavy atom. The average Bonchev–Trinajstić information content (AvgIpc) is 2.54. The van der Waals surface area contributed by atoms with Crippen molar-refractivity contribution in [1.29, 1.82) is 0 Å². The third-order valence-corrected chi connectivity index (χ3v) is 2.11. The largest absolute Gasteiger partial charge is 0.411 e. The fourth-order valence-corrected chi connectivity index (χ4v) is 1.49. The summed E-state index contributed by atoms with van der Waals surface area (Å²) in [5, 5.41) is 17.1. The maximum atomic E-state index is 9.38. The summed E-state index contributed by atoms with van der Waals surface area (Å²) >= 11 is 0. The van der Waals surface area contributed by atoms with Gasteiger partial charge in [-0.05, 0) is 19.1 Å². The molecule has 1 heterocycles. The lowest BCUT2D eigenvalue weighted by Gasteiger charge is -2.05. The Morgan fingerprint density at radius 1 is 1.57 bits per heavy atom. The van der Waals surface area contributed by atoms with Crippen LogP contribution in [0, 0.1) is 0 Å². The summed E-state index contributed by atoms with van der Waals surface area (Å²) in [6.45, 7) is 2.82. The number of anilines is 2. The quantitative estimate of drug-likeness (QED) is 0.495. The van der Waals surface area contributed by atoms with Crippen molar-refractivity contribution in [2.45, 2.75) is 6.92 Å². The summed E-state index contributed by atoms with van der Waals surface area (Å²) < 4.78 is 0. The Kier molecular flexibility index (Phi) is 1.92. The summed E-state index contributed by atoms with van der Waals surface area (Å²) in [5.74, 6) is 0. The van der Waals surface area contributed by atoms with Gasteiger partial charge >= 0.3 is 0 Å². The van der Waals surface area contributed by atoms with Crippen LogP contribution in [0.3, 0.4) is 0 Å². The number of rotatable bonds is 2. The van der Waals surface area contributed by atoms with Gasteiger partial charge < -0.3 is 16.3 Å². The minimum atomic E-state index is 0.515. The fourth-order valence-electron chi connectivity index (χ4n) is 1.49. The molecular weight excluding hydrogens is 180 g/mol. The SMILES string of the molecule is CCNc1ccc(N)c2c1cnn2O. The second kappa shape index (κ2) is 3.10. The van der Waals surface area contributed by atoms with Crippen LogP contribution in [-0.4, -0.2) is 21.7 Å². The minimum absolute atomic E-state index is 0.515. The normalized spacial score (nSPS) is 10.6. The van der Waals surface area contributed by atoms with Crippen molar-refractivity contribution in [3.05, 3.63) is 18.3 Å². The lowest BCUT2D eigenvalue weighted by molar-refractivity contribution is 0.161. The fraction of sp³-hybridized carbons (Fsp3) is 0.222. The van der Waals surface area contributed by atoms with Crippen LogP contribution in [0.4, 0.5) is 11.4 Å². The van der Waals surface area contributed by atoms with Gasteiger partial charge in [-0.3, -0.25) is 0 Å². The number of hydrogen-bond donors (Lipinski definition) is 3. The van der Waals surface area contributed by atoms with Gasteiger partial charge in [-0.15, -0.1) is 5.10 Å². The highest BCUT2D eigenvalue weighted by Crippen LogP contribution is 2.27. The summed E-state index contributed by atoms with van der Waals surface area (Å²) in [6, 6.07) is 3.62. The topological polar surface area (TPSA) is 76.1 Å². The third-order valence-electron chi connectivity index (χ3n) is 2.11. The summed E-state index contributed by atoms with van der Waals surface area (Å²) in [5.41, 5.74) is 7.71. The molecule has 74 valence electrons. The second-order valence-electron chi connectivity index (χ2n) is 3.03. The van der Waals surface area contributed by atoms with Crippen molar-refractivity contribution in [3.63, 3.8) is 0 Å². The van der Waals surface area contributed by atoms with Crippen LogP contribution in [0.15, 0.2) is 18.3 Å². The highest BCUT2D eigenvalue weighted by atomic mass is 16.5. The van der Waals surface area contributed by atoms with E-state index in [0.29, 0.717) is 11.2 Å².